The number of ether oxygens (including phenoxy) is 2. The van der Waals surface area contributed by atoms with Crippen molar-refractivity contribution >= 4 is 15.9 Å². The quantitative estimate of drug-likeness (QED) is 0.775. The van der Waals surface area contributed by atoms with Gasteiger partial charge in [-0.2, -0.15) is 0 Å². The lowest BCUT2D eigenvalue weighted by atomic mass is 9.99. The van der Waals surface area contributed by atoms with Crippen LogP contribution in [0.15, 0.2) is 28.7 Å². The van der Waals surface area contributed by atoms with Crippen LogP contribution in [0.25, 0.3) is 0 Å². The third-order valence-corrected chi connectivity index (χ3v) is 3.23. The first-order valence-electron chi connectivity index (χ1n) is 5.55. The Morgan fingerprint density at radius 1 is 1.25 bits per heavy atom. The van der Waals surface area contributed by atoms with E-state index < -0.39 is 0 Å². The number of hydrogen-bond donors (Lipinski definition) is 0. The molecule has 2 atom stereocenters. The van der Waals surface area contributed by atoms with Crippen LogP contribution < -0.4 is 0 Å². The Kier molecular flexibility index (Phi) is 3.38. The van der Waals surface area contributed by atoms with Crippen LogP contribution in [0.4, 0.5) is 0 Å². The lowest BCUT2D eigenvalue weighted by Crippen LogP contribution is -2.38. The molecule has 16 heavy (non-hydrogen) atoms. The highest BCUT2D eigenvalue weighted by Crippen LogP contribution is 2.35. The van der Waals surface area contributed by atoms with Crippen molar-refractivity contribution in [3.63, 3.8) is 0 Å². The van der Waals surface area contributed by atoms with Crippen molar-refractivity contribution in [2.45, 2.75) is 45.2 Å². The summed E-state index contributed by atoms with van der Waals surface area (Å²) in [6, 6.07) is 8.08. The van der Waals surface area contributed by atoms with Crippen molar-refractivity contribution in [1.29, 1.82) is 0 Å². The predicted molar refractivity (Wildman–Crippen MR) is 67.2 cm³/mol. The highest BCUT2D eigenvalue weighted by molar-refractivity contribution is 9.10. The van der Waals surface area contributed by atoms with Crippen LogP contribution in [-0.2, 0) is 9.47 Å². The zero-order chi connectivity index (χ0) is 11.8. The topological polar surface area (TPSA) is 18.5 Å². The van der Waals surface area contributed by atoms with Crippen LogP contribution >= 0.6 is 15.9 Å². The Morgan fingerprint density at radius 3 is 2.44 bits per heavy atom. The number of benzene rings is 1. The molecule has 0 amide bonds. The van der Waals surface area contributed by atoms with Crippen LogP contribution in [0.3, 0.4) is 0 Å². The summed E-state index contributed by atoms with van der Waals surface area (Å²) in [5.74, 6) is 0. The summed E-state index contributed by atoms with van der Waals surface area (Å²) < 4.78 is 12.8. The molecule has 1 aromatic rings. The normalized spacial score (nSPS) is 29.0. The van der Waals surface area contributed by atoms with Crippen LogP contribution in [-0.4, -0.2) is 11.7 Å². The van der Waals surface area contributed by atoms with E-state index in [-0.39, 0.29) is 18.0 Å². The summed E-state index contributed by atoms with van der Waals surface area (Å²) in [5, 5.41) is 0. The minimum absolute atomic E-state index is 0.116. The largest absolute Gasteiger partial charge is 0.345 e. The molecular weight excluding hydrogens is 268 g/mol. The van der Waals surface area contributed by atoms with E-state index in [2.05, 4.69) is 36.7 Å². The molecular formula is C13H17BrO2. The summed E-state index contributed by atoms with van der Waals surface area (Å²) in [6.45, 7) is 6.31. The molecule has 0 spiro atoms. The first kappa shape index (κ1) is 12.1. The summed E-state index contributed by atoms with van der Waals surface area (Å²) >= 11 is 3.42. The molecule has 1 aliphatic heterocycles. The van der Waals surface area contributed by atoms with Crippen LogP contribution in [0.2, 0.25) is 0 Å². The second kappa shape index (κ2) is 4.47. The average Bonchev–Trinajstić information content (AvgIpc) is 2.15. The van der Waals surface area contributed by atoms with Crippen molar-refractivity contribution in [2.24, 2.45) is 0 Å². The van der Waals surface area contributed by atoms with E-state index in [1.54, 1.807) is 0 Å². The fourth-order valence-corrected chi connectivity index (χ4v) is 2.35. The molecule has 0 aromatic heterocycles. The van der Waals surface area contributed by atoms with Gasteiger partial charge in [-0.15, -0.1) is 0 Å². The molecule has 88 valence electrons. The third kappa shape index (κ3) is 2.84. The van der Waals surface area contributed by atoms with Gasteiger partial charge >= 0.3 is 0 Å². The van der Waals surface area contributed by atoms with Gasteiger partial charge in [0.2, 0.25) is 0 Å². The fraction of sp³-hybridized carbons (Fsp3) is 0.538. The van der Waals surface area contributed by atoms with Gasteiger partial charge in [-0.25, -0.2) is 0 Å². The maximum atomic E-state index is 5.93. The van der Waals surface area contributed by atoms with Gasteiger partial charge in [0, 0.05) is 16.5 Å². The van der Waals surface area contributed by atoms with E-state index in [9.17, 15) is 0 Å². The molecule has 0 saturated carbocycles. The van der Waals surface area contributed by atoms with Crippen molar-refractivity contribution in [1.82, 2.24) is 0 Å². The predicted octanol–water partition coefficient (Wildman–Crippen LogP) is 4.05. The highest BCUT2D eigenvalue weighted by Gasteiger charge is 2.33. The van der Waals surface area contributed by atoms with Crippen LogP contribution in [0, 0.1) is 0 Å². The Balaban J connectivity index is 2.17. The number of halogens is 1. The Hall–Kier alpha value is -0.380. The Labute approximate surface area is 105 Å². The highest BCUT2D eigenvalue weighted by atomic mass is 79.9. The van der Waals surface area contributed by atoms with Gasteiger partial charge in [0.15, 0.2) is 6.29 Å². The summed E-state index contributed by atoms with van der Waals surface area (Å²) in [6.07, 6.45) is 0.921. The van der Waals surface area contributed by atoms with Gasteiger partial charge in [-0.3, -0.25) is 0 Å². The molecule has 1 aliphatic rings. The molecule has 0 radical (unpaired) electrons. The second-order valence-electron chi connectivity index (χ2n) is 4.91. The Bertz CT molecular complexity index is 359. The standard InChI is InChI=1S/C13H17BrO2/c1-9-8-13(2,3)16-12(15-9)10-4-6-11(14)7-5-10/h4-7,9,12H,8H2,1-3H3. The summed E-state index contributed by atoms with van der Waals surface area (Å²) in [4.78, 5) is 0. The van der Waals surface area contributed by atoms with Crippen molar-refractivity contribution in [2.75, 3.05) is 0 Å². The number of rotatable bonds is 1. The van der Waals surface area contributed by atoms with Gasteiger partial charge in [0.05, 0.1) is 11.7 Å². The van der Waals surface area contributed by atoms with Crippen molar-refractivity contribution in [3.8, 4) is 0 Å². The molecule has 1 fully saturated rings. The molecule has 1 aromatic carbocycles. The number of hydrogen-bond acceptors (Lipinski definition) is 2. The molecule has 0 N–H and O–H groups in total. The van der Waals surface area contributed by atoms with Crippen LogP contribution in [0.1, 0.15) is 39.0 Å². The third-order valence-electron chi connectivity index (χ3n) is 2.70. The maximum Gasteiger partial charge on any atom is 0.184 e. The second-order valence-corrected chi connectivity index (χ2v) is 5.83. The molecule has 0 aliphatic carbocycles. The molecule has 3 heteroatoms. The summed E-state index contributed by atoms with van der Waals surface area (Å²) in [5.41, 5.74) is 0.956. The minimum atomic E-state index is -0.244. The zero-order valence-corrected chi connectivity index (χ0v) is 11.5. The van der Waals surface area contributed by atoms with E-state index in [0.29, 0.717) is 0 Å². The van der Waals surface area contributed by atoms with E-state index in [4.69, 9.17) is 9.47 Å². The van der Waals surface area contributed by atoms with E-state index in [0.717, 1.165) is 16.5 Å². The van der Waals surface area contributed by atoms with Gasteiger partial charge < -0.3 is 9.47 Å². The summed E-state index contributed by atoms with van der Waals surface area (Å²) in [7, 11) is 0. The molecule has 2 unspecified atom stereocenters. The smallest absolute Gasteiger partial charge is 0.184 e. The first-order valence-corrected chi connectivity index (χ1v) is 6.34. The minimum Gasteiger partial charge on any atom is -0.345 e. The molecule has 1 heterocycles. The zero-order valence-electron chi connectivity index (χ0n) is 9.87. The van der Waals surface area contributed by atoms with Crippen LogP contribution in [0.5, 0.6) is 0 Å². The maximum absolute atomic E-state index is 5.93. The van der Waals surface area contributed by atoms with Gasteiger partial charge in [-0.05, 0) is 32.9 Å². The van der Waals surface area contributed by atoms with Gasteiger partial charge in [-0.1, -0.05) is 28.1 Å². The molecule has 1 saturated heterocycles. The monoisotopic (exact) mass is 284 g/mol. The van der Waals surface area contributed by atoms with Gasteiger partial charge in [0.25, 0.3) is 0 Å². The lowest BCUT2D eigenvalue weighted by molar-refractivity contribution is -0.273. The Morgan fingerprint density at radius 2 is 1.88 bits per heavy atom. The first-order chi connectivity index (χ1) is 7.46. The average molecular weight is 285 g/mol. The molecule has 2 rings (SSSR count). The van der Waals surface area contributed by atoms with E-state index in [1.165, 1.54) is 0 Å². The fourth-order valence-electron chi connectivity index (χ4n) is 2.08. The molecule has 0 bridgehead atoms. The van der Waals surface area contributed by atoms with Crippen molar-refractivity contribution in [3.05, 3.63) is 34.3 Å². The van der Waals surface area contributed by atoms with Gasteiger partial charge in [0.1, 0.15) is 0 Å². The lowest BCUT2D eigenvalue weighted by Gasteiger charge is -2.39. The van der Waals surface area contributed by atoms with E-state index in [1.807, 2.05) is 24.3 Å². The van der Waals surface area contributed by atoms with E-state index >= 15 is 0 Å². The van der Waals surface area contributed by atoms with Crippen molar-refractivity contribution < 1.29 is 9.47 Å². The SMILES string of the molecule is CC1CC(C)(C)OC(c2ccc(Br)cc2)O1. The molecule has 2 nitrogen and oxygen atoms in total.